The van der Waals surface area contributed by atoms with Gasteiger partial charge in [-0.2, -0.15) is 0 Å². The van der Waals surface area contributed by atoms with Crippen LogP contribution >= 0.6 is 11.3 Å². The number of fused-ring (bicyclic) bond motifs is 3. The van der Waals surface area contributed by atoms with Gasteiger partial charge in [-0.25, -0.2) is 15.0 Å². The van der Waals surface area contributed by atoms with Crippen molar-refractivity contribution in [3.63, 3.8) is 0 Å². The smallest absolute Gasteiger partial charge is 0.183 e. The van der Waals surface area contributed by atoms with Crippen molar-refractivity contribution in [1.82, 2.24) is 24.8 Å². The van der Waals surface area contributed by atoms with Crippen LogP contribution in [0, 0.1) is 0 Å². The number of nitrogens with zero attached hydrogens (tertiary/aromatic N) is 6. The molecule has 1 saturated heterocycles. The second kappa shape index (κ2) is 7.93. The monoisotopic (exact) mass is 410 g/mol. The average molecular weight is 411 g/mol. The summed E-state index contributed by atoms with van der Waals surface area (Å²) >= 11 is 1.83. The predicted octanol–water partition coefficient (Wildman–Crippen LogP) is 2.53. The summed E-state index contributed by atoms with van der Waals surface area (Å²) in [4.78, 5) is 25.8. The van der Waals surface area contributed by atoms with E-state index >= 15 is 0 Å². The topological polar surface area (TPSA) is 78.3 Å². The molecule has 3 aromatic heterocycles. The fourth-order valence-electron chi connectivity index (χ4n) is 4.41. The normalized spacial score (nSPS) is 18.8. The molecule has 4 heterocycles. The van der Waals surface area contributed by atoms with Gasteiger partial charge >= 0.3 is 0 Å². The van der Waals surface area contributed by atoms with E-state index in [4.69, 9.17) is 9.97 Å². The van der Waals surface area contributed by atoms with Crippen molar-refractivity contribution in [2.24, 2.45) is 0 Å². The molecule has 29 heavy (non-hydrogen) atoms. The Morgan fingerprint density at radius 1 is 1.10 bits per heavy atom. The predicted molar refractivity (Wildman–Crippen MR) is 115 cm³/mol. The minimum Gasteiger partial charge on any atom is -0.392 e. The van der Waals surface area contributed by atoms with Crippen LogP contribution < -0.4 is 4.90 Å². The highest BCUT2D eigenvalue weighted by Gasteiger charge is 2.26. The van der Waals surface area contributed by atoms with Crippen LogP contribution in [-0.2, 0) is 12.8 Å². The van der Waals surface area contributed by atoms with Gasteiger partial charge in [-0.05, 0) is 38.2 Å². The van der Waals surface area contributed by atoms with Gasteiger partial charge in [0.15, 0.2) is 5.82 Å². The van der Waals surface area contributed by atoms with E-state index in [1.165, 1.54) is 28.7 Å². The zero-order valence-corrected chi connectivity index (χ0v) is 17.5. The Morgan fingerprint density at radius 2 is 1.93 bits per heavy atom. The lowest BCUT2D eigenvalue weighted by Gasteiger charge is -2.36. The number of rotatable bonds is 4. The van der Waals surface area contributed by atoms with Crippen molar-refractivity contribution in [2.45, 2.75) is 38.7 Å². The number of aryl methyl sites for hydroxylation is 2. The second-order valence-corrected chi connectivity index (χ2v) is 9.07. The molecule has 1 N–H and O–H groups in total. The molecule has 0 bridgehead atoms. The van der Waals surface area contributed by atoms with Crippen LogP contribution in [0.2, 0.25) is 0 Å². The van der Waals surface area contributed by atoms with Crippen molar-refractivity contribution in [3.05, 3.63) is 29.0 Å². The van der Waals surface area contributed by atoms with Crippen LogP contribution in [0.1, 0.15) is 30.2 Å². The van der Waals surface area contributed by atoms with Crippen molar-refractivity contribution in [1.29, 1.82) is 0 Å². The highest BCUT2D eigenvalue weighted by Crippen LogP contribution is 2.40. The molecule has 0 amide bonds. The summed E-state index contributed by atoms with van der Waals surface area (Å²) in [5.41, 5.74) is 2.18. The van der Waals surface area contributed by atoms with Gasteiger partial charge in [0.25, 0.3) is 0 Å². The minimum absolute atomic E-state index is 0.292. The van der Waals surface area contributed by atoms with Crippen LogP contribution in [0.25, 0.3) is 21.7 Å². The van der Waals surface area contributed by atoms with Crippen LogP contribution in [0.15, 0.2) is 18.6 Å². The standard InChI is InChI=1S/C21H26N6OS/c1-14(28)13-26-8-10-27(11-9-26)20-18-15-4-2-3-5-17(15)29-21(18)25-19(24-20)16-12-22-6-7-23-16/h6-7,12,14,28H,2-5,8-11,13H2,1H3/t14-/m1/s1. The van der Waals surface area contributed by atoms with Crippen LogP contribution in [0.5, 0.6) is 0 Å². The molecule has 2 aliphatic rings. The zero-order chi connectivity index (χ0) is 19.8. The van der Waals surface area contributed by atoms with E-state index in [-0.39, 0.29) is 6.10 Å². The molecule has 0 radical (unpaired) electrons. The van der Waals surface area contributed by atoms with E-state index in [0.717, 1.165) is 61.9 Å². The molecule has 0 aromatic carbocycles. The van der Waals surface area contributed by atoms with E-state index in [9.17, 15) is 5.11 Å². The third kappa shape index (κ3) is 3.72. The number of hydrogen-bond donors (Lipinski definition) is 1. The maximum Gasteiger partial charge on any atom is 0.183 e. The fraction of sp³-hybridized carbons (Fsp3) is 0.524. The molecule has 0 saturated carbocycles. The van der Waals surface area contributed by atoms with Gasteiger partial charge in [0, 0.05) is 50.0 Å². The maximum absolute atomic E-state index is 9.71. The Hall–Kier alpha value is -2.16. The SMILES string of the molecule is C[C@@H](O)CN1CCN(c2nc(-c3cnccn3)nc3sc4c(c23)CCCC4)CC1. The lowest BCUT2D eigenvalue weighted by molar-refractivity contribution is 0.122. The van der Waals surface area contributed by atoms with Crippen molar-refractivity contribution in [2.75, 3.05) is 37.6 Å². The third-order valence-electron chi connectivity index (χ3n) is 5.78. The zero-order valence-electron chi connectivity index (χ0n) is 16.7. The van der Waals surface area contributed by atoms with Gasteiger partial charge in [0.1, 0.15) is 16.3 Å². The first-order chi connectivity index (χ1) is 14.2. The summed E-state index contributed by atoms with van der Waals surface area (Å²) in [5.74, 6) is 1.71. The number of thiophene rings is 1. The van der Waals surface area contributed by atoms with Crippen molar-refractivity contribution in [3.8, 4) is 11.5 Å². The maximum atomic E-state index is 9.71. The lowest BCUT2D eigenvalue weighted by atomic mass is 9.97. The summed E-state index contributed by atoms with van der Waals surface area (Å²) < 4.78 is 0. The van der Waals surface area contributed by atoms with Crippen molar-refractivity contribution >= 4 is 27.4 Å². The first kappa shape index (κ1) is 18.8. The number of aliphatic hydroxyl groups is 1. The molecule has 7 nitrogen and oxygen atoms in total. The number of piperazine rings is 1. The van der Waals surface area contributed by atoms with Gasteiger partial charge in [-0.15, -0.1) is 11.3 Å². The number of aromatic nitrogens is 4. The first-order valence-electron chi connectivity index (χ1n) is 10.4. The Kier molecular flexibility index (Phi) is 5.15. The number of hydrogen-bond acceptors (Lipinski definition) is 8. The number of aliphatic hydroxyl groups excluding tert-OH is 1. The highest BCUT2D eigenvalue weighted by atomic mass is 32.1. The van der Waals surface area contributed by atoms with Gasteiger partial charge in [-0.1, -0.05) is 0 Å². The van der Waals surface area contributed by atoms with Crippen molar-refractivity contribution < 1.29 is 5.11 Å². The Balaban J connectivity index is 1.56. The molecular weight excluding hydrogens is 384 g/mol. The van der Waals surface area contributed by atoms with E-state index in [2.05, 4.69) is 19.8 Å². The molecule has 3 aromatic rings. The van der Waals surface area contributed by atoms with Crippen LogP contribution in [0.4, 0.5) is 5.82 Å². The van der Waals surface area contributed by atoms with Gasteiger partial charge in [0.05, 0.1) is 17.7 Å². The van der Waals surface area contributed by atoms with Gasteiger partial charge in [0.2, 0.25) is 0 Å². The van der Waals surface area contributed by atoms with E-state index in [1.807, 2.05) is 18.3 Å². The summed E-state index contributed by atoms with van der Waals surface area (Å²) in [6, 6.07) is 0. The summed E-state index contributed by atoms with van der Waals surface area (Å²) in [6.45, 7) is 6.26. The minimum atomic E-state index is -0.292. The van der Waals surface area contributed by atoms with E-state index in [0.29, 0.717) is 5.82 Å². The molecule has 0 unspecified atom stereocenters. The van der Waals surface area contributed by atoms with Gasteiger partial charge in [-0.3, -0.25) is 9.88 Å². The lowest BCUT2D eigenvalue weighted by Crippen LogP contribution is -2.48. The Morgan fingerprint density at radius 3 is 2.69 bits per heavy atom. The molecule has 0 spiro atoms. The largest absolute Gasteiger partial charge is 0.392 e. The molecule has 5 rings (SSSR count). The molecule has 152 valence electrons. The van der Waals surface area contributed by atoms with Crippen LogP contribution in [-0.4, -0.2) is 68.8 Å². The quantitative estimate of drug-likeness (QED) is 0.708. The fourth-order valence-corrected chi connectivity index (χ4v) is 5.67. The van der Waals surface area contributed by atoms with Crippen LogP contribution in [0.3, 0.4) is 0 Å². The third-order valence-corrected chi connectivity index (χ3v) is 6.97. The molecule has 1 fully saturated rings. The number of β-amino-alcohol motifs (C(OH)–C–C–N with tert-alkyl or cyclic N) is 1. The molecule has 1 aliphatic carbocycles. The second-order valence-electron chi connectivity index (χ2n) is 7.99. The molecular formula is C21H26N6OS. The Labute approximate surface area is 174 Å². The number of anilines is 1. The van der Waals surface area contributed by atoms with E-state index in [1.54, 1.807) is 18.6 Å². The average Bonchev–Trinajstić information content (AvgIpc) is 3.12. The summed E-state index contributed by atoms with van der Waals surface area (Å²) in [7, 11) is 0. The summed E-state index contributed by atoms with van der Waals surface area (Å²) in [6.07, 6.45) is 9.59. The van der Waals surface area contributed by atoms with Gasteiger partial charge < -0.3 is 10.0 Å². The molecule has 1 aliphatic heterocycles. The first-order valence-corrected chi connectivity index (χ1v) is 11.2. The highest BCUT2D eigenvalue weighted by molar-refractivity contribution is 7.19. The van der Waals surface area contributed by atoms with E-state index < -0.39 is 0 Å². The Bertz CT molecular complexity index is 997. The summed E-state index contributed by atoms with van der Waals surface area (Å²) in [5, 5.41) is 11.0. The molecule has 8 heteroatoms. The molecule has 1 atom stereocenters.